The Bertz CT molecular complexity index is 1280. The maximum Gasteiger partial charge on any atom is 0.509 e. The first-order valence-electron chi connectivity index (χ1n) is 13.0. The van der Waals surface area contributed by atoms with Gasteiger partial charge in [-0.25, -0.2) is 14.8 Å². The molecule has 4 heterocycles. The molecule has 2 fully saturated rings. The van der Waals surface area contributed by atoms with Crippen molar-refractivity contribution in [3.05, 3.63) is 15.9 Å². The zero-order chi connectivity index (χ0) is 28.9. The molecule has 4 rings (SSSR count). The number of ether oxygens (including phenoxy) is 3. The third-order valence-electron chi connectivity index (χ3n) is 6.58. The first-order valence-corrected chi connectivity index (χ1v) is 15.6. The van der Waals surface area contributed by atoms with Gasteiger partial charge in [-0.3, -0.25) is 9.36 Å². The molecule has 2 aliphatic rings. The van der Waals surface area contributed by atoms with Gasteiger partial charge in [0.05, 0.1) is 29.9 Å². The van der Waals surface area contributed by atoms with Crippen LogP contribution in [-0.2, 0) is 23.1 Å². The van der Waals surface area contributed by atoms with Gasteiger partial charge in [-0.15, -0.1) is 0 Å². The Morgan fingerprint density at radius 3 is 2.51 bits per heavy atom. The number of nitrogens with zero attached hydrogens (tertiary/aromatic N) is 5. The molecule has 0 spiro atoms. The lowest BCUT2D eigenvalue weighted by atomic mass is 10.1. The van der Waals surface area contributed by atoms with Crippen LogP contribution in [0.2, 0.25) is 10.1 Å². The smallest absolute Gasteiger partial charge is 0.432 e. The molecule has 0 aromatic carbocycles. The standard InChI is InChI=1S/C25H39N5O7SSi/c1-14(2)34-23(32)36-18-17-15(12-33-39(37-17,24(3,4)5)25(6,7)8)35-20(18)30-19-16(38-22(30)31)11-26-21(28-19)27-13-29(9)10/h11,13-15,17-18,20H,12H2,1-10H3/b27-13-/t15-,17+,18-,20-/m1/s1. The molecule has 4 atom stereocenters. The van der Waals surface area contributed by atoms with Gasteiger partial charge in [0.25, 0.3) is 5.95 Å². The summed E-state index contributed by atoms with van der Waals surface area (Å²) in [6, 6.07) is 0. The summed E-state index contributed by atoms with van der Waals surface area (Å²) in [5, 5.41) is -0.619. The highest BCUT2D eigenvalue weighted by Gasteiger charge is 2.66. The van der Waals surface area contributed by atoms with E-state index in [4.69, 9.17) is 23.1 Å². The van der Waals surface area contributed by atoms with Crippen LogP contribution in [0.25, 0.3) is 10.3 Å². The molecule has 216 valence electrons. The van der Waals surface area contributed by atoms with Crippen molar-refractivity contribution < 1.29 is 27.9 Å². The van der Waals surface area contributed by atoms with Crippen molar-refractivity contribution in [2.24, 2.45) is 4.99 Å². The van der Waals surface area contributed by atoms with Crippen molar-refractivity contribution in [3.63, 3.8) is 0 Å². The molecule has 39 heavy (non-hydrogen) atoms. The molecule has 2 aromatic heterocycles. The molecular weight excluding hydrogens is 542 g/mol. The Hall–Kier alpha value is -2.39. The molecule has 0 radical (unpaired) electrons. The van der Waals surface area contributed by atoms with E-state index in [9.17, 15) is 9.59 Å². The summed E-state index contributed by atoms with van der Waals surface area (Å²) >= 11 is 0.977. The van der Waals surface area contributed by atoms with Gasteiger partial charge >= 0.3 is 19.6 Å². The van der Waals surface area contributed by atoms with E-state index in [1.54, 1.807) is 31.3 Å². The minimum absolute atomic E-state index is 0.182. The second-order valence-corrected chi connectivity index (χ2v) is 18.1. The zero-order valence-corrected chi connectivity index (χ0v) is 26.1. The van der Waals surface area contributed by atoms with Gasteiger partial charge < -0.3 is 28.0 Å². The van der Waals surface area contributed by atoms with E-state index >= 15 is 0 Å². The van der Waals surface area contributed by atoms with Gasteiger partial charge in [0.1, 0.15) is 12.2 Å². The molecule has 0 saturated carbocycles. The molecule has 0 unspecified atom stereocenters. The van der Waals surface area contributed by atoms with Crippen molar-refractivity contribution in [1.29, 1.82) is 0 Å². The normalized spacial score (nSPS) is 25.3. The van der Waals surface area contributed by atoms with Gasteiger partial charge in [0.2, 0.25) is 0 Å². The number of carbonyl (C=O) groups is 1. The fourth-order valence-electron chi connectivity index (χ4n) is 5.27. The zero-order valence-electron chi connectivity index (χ0n) is 24.3. The van der Waals surface area contributed by atoms with Crippen molar-refractivity contribution in [1.82, 2.24) is 19.4 Å². The summed E-state index contributed by atoms with van der Waals surface area (Å²) in [5.41, 5.74) is 0.330. The highest BCUT2D eigenvalue weighted by atomic mass is 32.1. The monoisotopic (exact) mass is 581 g/mol. The molecule has 0 N–H and O–H groups in total. The second-order valence-electron chi connectivity index (χ2n) is 12.4. The molecule has 2 aromatic rings. The molecular formula is C25H39N5O7SSi. The van der Waals surface area contributed by atoms with E-state index < -0.39 is 45.4 Å². The minimum atomic E-state index is -2.96. The van der Waals surface area contributed by atoms with Crippen molar-refractivity contribution >= 4 is 48.7 Å². The molecule has 0 amide bonds. The molecule has 12 nitrogen and oxygen atoms in total. The fourth-order valence-corrected chi connectivity index (χ4v) is 11.0. The van der Waals surface area contributed by atoms with Crippen molar-refractivity contribution in [2.75, 3.05) is 20.7 Å². The highest BCUT2D eigenvalue weighted by Crippen LogP contribution is 2.56. The summed E-state index contributed by atoms with van der Waals surface area (Å²) in [6.07, 6.45) is -1.40. The number of rotatable bonds is 5. The number of fused-ring (bicyclic) bond motifs is 2. The van der Waals surface area contributed by atoms with Crippen LogP contribution >= 0.6 is 11.3 Å². The summed E-state index contributed by atoms with van der Waals surface area (Å²) in [6.45, 7) is 16.3. The van der Waals surface area contributed by atoms with Crippen LogP contribution in [-0.4, -0.2) is 85.6 Å². The lowest BCUT2D eigenvalue weighted by molar-refractivity contribution is -0.0800. The van der Waals surface area contributed by atoms with Crippen molar-refractivity contribution in [2.45, 2.75) is 96.1 Å². The van der Waals surface area contributed by atoms with Crippen LogP contribution < -0.4 is 4.87 Å². The third-order valence-corrected chi connectivity index (χ3v) is 12.6. The average Bonchev–Trinajstić information content (AvgIpc) is 3.30. The van der Waals surface area contributed by atoms with E-state index in [1.165, 1.54) is 4.57 Å². The molecule has 0 bridgehead atoms. The SMILES string of the molecule is CC(C)OC(=O)O[C@@H]1[C@H]2O[Si](C(C)(C)C)(C(C)(C)C)OC[C@H]2O[C@H]1n1c(=O)sc2cnc(/N=C\N(C)C)nc21. The number of carbonyl (C=O) groups excluding carboxylic acids is 1. The molecule has 14 heteroatoms. The maximum atomic E-state index is 13.3. The largest absolute Gasteiger partial charge is 0.509 e. The average molecular weight is 582 g/mol. The quantitative estimate of drug-likeness (QED) is 0.217. The van der Waals surface area contributed by atoms with Crippen LogP contribution in [0.5, 0.6) is 0 Å². The van der Waals surface area contributed by atoms with Crippen LogP contribution in [0.1, 0.15) is 61.6 Å². The van der Waals surface area contributed by atoms with Crippen LogP contribution in [0.4, 0.5) is 10.7 Å². The summed E-state index contributed by atoms with van der Waals surface area (Å²) in [4.78, 5) is 40.6. The number of hydrogen-bond acceptors (Lipinski definition) is 11. The van der Waals surface area contributed by atoms with Gasteiger partial charge in [0, 0.05) is 24.2 Å². The number of aliphatic imine (C=N–C) groups is 1. The second kappa shape index (κ2) is 10.5. The number of aromatic nitrogens is 3. The number of hydrogen-bond donors (Lipinski definition) is 0. The topological polar surface area (TPSA) is 127 Å². The molecule has 2 aliphatic heterocycles. The Morgan fingerprint density at radius 2 is 1.92 bits per heavy atom. The van der Waals surface area contributed by atoms with Crippen molar-refractivity contribution in [3.8, 4) is 0 Å². The Labute approximate surface area is 233 Å². The van der Waals surface area contributed by atoms with E-state index in [0.29, 0.717) is 10.3 Å². The maximum absolute atomic E-state index is 13.3. The first kappa shape index (κ1) is 29.6. The van der Waals surface area contributed by atoms with Gasteiger partial charge in [0.15, 0.2) is 18.0 Å². The predicted molar refractivity (Wildman–Crippen MR) is 150 cm³/mol. The van der Waals surface area contributed by atoms with Crippen LogP contribution in [0.15, 0.2) is 16.0 Å². The fraction of sp³-hybridized carbons (Fsp3) is 0.720. The van der Waals surface area contributed by atoms with Gasteiger partial charge in [-0.1, -0.05) is 52.9 Å². The summed E-state index contributed by atoms with van der Waals surface area (Å²) in [5.74, 6) is 0.182. The van der Waals surface area contributed by atoms with E-state index in [-0.39, 0.29) is 27.5 Å². The predicted octanol–water partition coefficient (Wildman–Crippen LogP) is 4.36. The lowest BCUT2D eigenvalue weighted by Gasteiger charge is -2.53. The lowest BCUT2D eigenvalue weighted by Crippen LogP contribution is -2.65. The summed E-state index contributed by atoms with van der Waals surface area (Å²) in [7, 11) is 0.703. The summed E-state index contributed by atoms with van der Waals surface area (Å²) < 4.78 is 33.0. The minimum Gasteiger partial charge on any atom is -0.432 e. The van der Waals surface area contributed by atoms with Gasteiger partial charge in [-0.05, 0) is 13.8 Å². The molecule has 0 aliphatic carbocycles. The van der Waals surface area contributed by atoms with E-state index in [1.807, 2.05) is 14.1 Å². The third kappa shape index (κ3) is 5.62. The highest BCUT2D eigenvalue weighted by molar-refractivity contribution is 7.16. The van der Waals surface area contributed by atoms with Crippen LogP contribution in [0.3, 0.4) is 0 Å². The Kier molecular flexibility index (Phi) is 8.00. The first-order chi connectivity index (χ1) is 18.0. The van der Waals surface area contributed by atoms with E-state index in [2.05, 4.69) is 56.5 Å². The van der Waals surface area contributed by atoms with E-state index in [0.717, 1.165) is 11.3 Å². The van der Waals surface area contributed by atoms with Gasteiger partial charge in [-0.2, -0.15) is 4.98 Å². The molecule has 2 saturated heterocycles. The van der Waals surface area contributed by atoms with Crippen LogP contribution in [0, 0.1) is 0 Å². The Morgan fingerprint density at radius 1 is 1.26 bits per heavy atom. The number of thiazole rings is 1. The Balaban J connectivity index is 1.81.